The van der Waals surface area contributed by atoms with Crippen LogP contribution in [0.5, 0.6) is 0 Å². The lowest BCUT2D eigenvalue weighted by atomic mass is 9.97. The van der Waals surface area contributed by atoms with Gasteiger partial charge in [0.25, 0.3) is 0 Å². The number of pyridine rings is 1. The summed E-state index contributed by atoms with van der Waals surface area (Å²) in [6.07, 6.45) is 0. The van der Waals surface area contributed by atoms with E-state index in [1.807, 2.05) is 0 Å². The van der Waals surface area contributed by atoms with Crippen molar-refractivity contribution in [1.82, 2.24) is 9.55 Å². The molecule has 0 atom stereocenters. The quantitative estimate of drug-likeness (QED) is 0.258. The average Bonchev–Trinajstić information content (AvgIpc) is 3.23. The van der Waals surface area contributed by atoms with E-state index in [9.17, 15) is 0 Å². The molecule has 0 aliphatic carbocycles. The van der Waals surface area contributed by atoms with Crippen molar-refractivity contribution in [3.05, 3.63) is 121 Å². The molecule has 0 bridgehead atoms. The summed E-state index contributed by atoms with van der Waals surface area (Å²) < 4.78 is 2.36. The third kappa shape index (κ3) is 2.64. The lowest BCUT2D eigenvalue weighted by Crippen LogP contribution is -1.93. The first-order chi connectivity index (χ1) is 16.4. The minimum atomic E-state index is 1.02. The van der Waals surface area contributed by atoms with Gasteiger partial charge in [-0.25, -0.2) is 4.98 Å². The maximum atomic E-state index is 5.20. The predicted octanol–water partition coefficient (Wildman–Crippen LogP) is 8.15. The van der Waals surface area contributed by atoms with Crippen LogP contribution in [0.1, 0.15) is 0 Å². The Morgan fingerprint density at radius 3 is 1.94 bits per heavy atom. The second-order valence-corrected chi connectivity index (χ2v) is 8.41. The van der Waals surface area contributed by atoms with Crippen molar-refractivity contribution in [2.75, 3.05) is 0 Å². The molecule has 33 heavy (non-hydrogen) atoms. The van der Waals surface area contributed by atoms with Gasteiger partial charge >= 0.3 is 0 Å². The first kappa shape index (κ1) is 18.2. The number of rotatable bonds is 2. The van der Waals surface area contributed by atoms with Gasteiger partial charge in [-0.3, -0.25) is 0 Å². The molecule has 0 saturated carbocycles. The summed E-state index contributed by atoms with van der Waals surface area (Å²) in [6, 6.07) is 42.9. The van der Waals surface area contributed by atoms with Crippen LogP contribution in [0.15, 0.2) is 121 Å². The molecule has 7 rings (SSSR count). The molecule has 0 amide bonds. The molecule has 2 nitrogen and oxygen atoms in total. The Bertz CT molecular complexity index is 1810. The van der Waals surface area contributed by atoms with Crippen molar-refractivity contribution >= 4 is 43.5 Å². The SMILES string of the molecule is c1ccc(-n2c3ccccc3c3c(-c4nc5ccccc5c5ccccc45)cccc32)cc1. The third-order valence-corrected chi connectivity index (χ3v) is 6.58. The van der Waals surface area contributed by atoms with E-state index in [1.54, 1.807) is 0 Å². The zero-order valence-electron chi connectivity index (χ0n) is 17.9. The summed E-state index contributed by atoms with van der Waals surface area (Å²) in [6.45, 7) is 0. The van der Waals surface area contributed by atoms with Crippen LogP contribution >= 0.6 is 0 Å². The van der Waals surface area contributed by atoms with Crippen LogP contribution < -0.4 is 0 Å². The Hall–Kier alpha value is -4.43. The largest absolute Gasteiger partial charge is 0.309 e. The summed E-state index contributed by atoms with van der Waals surface area (Å²) in [5, 5.41) is 6.09. The second-order valence-electron chi connectivity index (χ2n) is 8.41. The molecule has 5 aromatic carbocycles. The molecule has 0 aliphatic rings. The summed E-state index contributed by atoms with van der Waals surface area (Å²) in [5.74, 6) is 0. The van der Waals surface area contributed by atoms with Crippen molar-refractivity contribution in [2.24, 2.45) is 0 Å². The molecule has 7 aromatic rings. The summed E-state index contributed by atoms with van der Waals surface area (Å²) in [5.41, 5.74) is 6.79. The van der Waals surface area contributed by atoms with E-state index in [-0.39, 0.29) is 0 Å². The highest BCUT2D eigenvalue weighted by molar-refractivity contribution is 6.19. The number of hydrogen-bond donors (Lipinski definition) is 0. The van der Waals surface area contributed by atoms with E-state index in [0.29, 0.717) is 0 Å². The second kappa shape index (κ2) is 7.04. The zero-order valence-corrected chi connectivity index (χ0v) is 17.9. The van der Waals surface area contributed by atoms with Crippen LogP contribution in [-0.2, 0) is 0 Å². The van der Waals surface area contributed by atoms with Crippen LogP contribution in [0.3, 0.4) is 0 Å². The lowest BCUT2D eigenvalue weighted by Gasteiger charge is -2.12. The fourth-order valence-corrected chi connectivity index (χ4v) is 5.18. The van der Waals surface area contributed by atoms with Gasteiger partial charge in [-0.2, -0.15) is 0 Å². The normalized spacial score (nSPS) is 11.6. The summed E-state index contributed by atoms with van der Waals surface area (Å²) >= 11 is 0. The van der Waals surface area contributed by atoms with Gasteiger partial charge in [0.05, 0.1) is 22.2 Å². The third-order valence-electron chi connectivity index (χ3n) is 6.58. The molecule has 0 aliphatic heterocycles. The average molecular weight is 421 g/mol. The number of nitrogens with zero attached hydrogens (tertiary/aromatic N) is 2. The molecule has 0 saturated heterocycles. The fraction of sp³-hybridized carbons (Fsp3) is 0. The Kier molecular flexibility index (Phi) is 3.88. The van der Waals surface area contributed by atoms with Crippen LogP contribution in [-0.4, -0.2) is 9.55 Å². The van der Waals surface area contributed by atoms with Crippen molar-refractivity contribution in [1.29, 1.82) is 0 Å². The smallest absolute Gasteiger partial charge is 0.0795 e. The minimum Gasteiger partial charge on any atom is -0.309 e. The van der Waals surface area contributed by atoms with E-state index in [2.05, 4.69) is 126 Å². The Balaban J connectivity index is 1.67. The van der Waals surface area contributed by atoms with Crippen molar-refractivity contribution in [3.63, 3.8) is 0 Å². The van der Waals surface area contributed by atoms with Crippen LogP contribution in [0.2, 0.25) is 0 Å². The molecule has 0 spiro atoms. The first-order valence-electron chi connectivity index (χ1n) is 11.3. The van der Waals surface area contributed by atoms with E-state index < -0.39 is 0 Å². The topological polar surface area (TPSA) is 17.8 Å². The predicted molar refractivity (Wildman–Crippen MR) is 139 cm³/mol. The van der Waals surface area contributed by atoms with Crippen molar-refractivity contribution in [2.45, 2.75) is 0 Å². The highest BCUT2D eigenvalue weighted by atomic mass is 15.0. The Morgan fingerprint density at radius 2 is 1.09 bits per heavy atom. The molecular weight excluding hydrogens is 400 g/mol. The van der Waals surface area contributed by atoms with E-state index in [1.165, 1.54) is 43.5 Å². The maximum absolute atomic E-state index is 5.20. The molecule has 154 valence electrons. The van der Waals surface area contributed by atoms with Crippen LogP contribution in [0.4, 0.5) is 0 Å². The van der Waals surface area contributed by atoms with Gasteiger partial charge < -0.3 is 4.57 Å². The van der Waals surface area contributed by atoms with Gasteiger partial charge in [-0.1, -0.05) is 91.0 Å². The number of hydrogen-bond acceptors (Lipinski definition) is 1. The van der Waals surface area contributed by atoms with Crippen LogP contribution in [0.25, 0.3) is 60.4 Å². The van der Waals surface area contributed by atoms with Crippen molar-refractivity contribution < 1.29 is 0 Å². The summed E-state index contributed by atoms with van der Waals surface area (Å²) in [4.78, 5) is 5.20. The van der Waals surface area contributed by atoms with Gasteiger partial charge in [0.1, 0.15) is 0 Å². The molecule has 0 fully saturated rings. The van der Waals surface area contributed by atoms with E-state index in [0.717, 1.165) is 16.9 Å². The zero-order chi connectivity index (χ0) is 21.8. The number of fused-ring (bicyclic) bond motifs is 6. The van der Waals surface area contributed by atoms with Gasteiger partial charge in [0.2, 0.25) is 0 Å². The molecule has 2 heterocycles. The number of benzene rings is 5. The lowest BCUT2D eigenvalue weighted by molar-refractivity contribution is 1.18. The van der Waals surface area contributed by atoms with Crippen molar-refractivity contribution in [3.8, 4) is 16.9 Å². The highest BCUT2D eigenvalue weighted by Crippen LogP contribution is 2.40. The molecule has 2 heteroatoms. The molecule has 0 unspecified atom stereocenters. The number of para-hydroxylation sites is 3. The molecule has 0 radical (unpaired) electrons. The molecular formula is C31H20N2. The molecule has 0 N–H and O–H groups in total. The maximum Gasteiger partial charge on any atom is 0.0795 e. The summed E-state index contributed by atoms with van der Waals surface area (Å²) in [7, 11) is 0. The number of aromatic nitrogens is 2. The fourth-order valence-electron chi connectivity index (χ4n) is 5.18. The van der Waals surface area contributed by atoms with Gasteiger partial charge in [-0.15, -0.1) is 0 Å². The highest BCUT2D eigenvalue weighted by Gasteiger charge is 2.18. The minimum absolute atomic E-state index is 1.02. The van der Waals surface area contributed by atoms with Gasteiger partial charge in [0, 0.05) is 32.8 Å². The van der Waals surface area contributed by atoms with Gasteiger partial charge in [-0.05, 0) is 35.7 Å². The first-order valence-corrected chi connectivity index (χ1v) is 11.3. The standard InChI is InChI=1S/C31H20N2/c1-2-11-21(12-3-1)33-28-19-9-7-16-25(28)30-26(17-10-20-29(30)33)31-24-15-5-4-13-22(24)23-14-6-8-18-27(23)32-31/h1-20H. The van der Waals surface area contributed by atoms with Gasteiger partial charge in [0.15, 0.2) is 0 Å². The Labute approximate surface area is 191 Å². The van der Waals surface area contributed by atoms with E-state index >= 15 is 0 Å². The molecule has 2 aromatic heterocycles. The monoisotopic (exact) mass is 420 g/mol. The Morgan fingerprint density at radius 1 is 0.455 bits per heavy atom. The van der Waals surface area contributed by atoms with E-state index in [4.69, 9.17) is 4.98 Å². The van der Waals surface area contributed by atoms with Crippen LogP contribution in [0, 0.1) is 0 Å².